The van der Waals surface area contributed by atoms with Crippen LogP contribution in [0.5, 0.6) is 0 Å². The molecule has 4 rings (SSSR count). The number of pyridine rings is 1. The summed E-state index contributed by atoms with van der Waals surface area (Å²) in [7, 11) is 0. The lowest BCUT2D eigenvalue weighted by atomic mass is 9.99. The minimum atomic E-state index is 0.206. The third kappa shape index (κ3) is 3.51. The third-order valence-corrected chi connectivity index (χ3v) is 5.96. The van der Waals surface area contributed by atoms with E-state index >= 15 is 0 Å². The summed E-state index contributed by atoms with van der Waals surface area (Å²) in [4.78, 5) is 20.6. The fourth-order valence-corrected chi connectivity index (χ4v) is 4.48. The maximum absolute atomic E-state index is 13.3. The van der Waals surface area contributed by atoms with E-state index in [0.717, 1.165) is 66.6 Å². The number of hydrogen-bond donors (Lipinski definition) is 2. The minimum Gasteiger partial charge on any atom is -0.378 e. The summed E-state index contributed by atoms with van der Waals surface area (Å²) >= 11 is 0. The first kappa shape index (κ1) is 17.6. The molecule has 2 aliphatic rings. The van der Waals surface area contributed by atoms with E-state index in [1.54, 1.807) is 4.90 Å². The SMILES string of the molecule is Cc1[nH]c2ccc(N3CCOCC3)cc2c(=O)c1C[NH+]1CCC[C@@H](C)C1. The number of H-pyrrole nitrogens is 1. The van der Waals surface area contributed by atoms with Crippen molar-refractivity contribution in [1.29, 1.82) is 0 Å². The molecule has 5 nitrogen and oxygen atoms in total. The number of morpholine rings is 1. The lowest BCUT2D eigenvalue weighted by Crippen LogP contribution is -3.12. The van der Waals surface area contributed by atoms with Crippen LogP contribution in [0.4, 0.5) is 5.69 Å². The molecule has 2 aliphatic heterocycles. The third-order valence-electron chi connectivity index (χ3n) is 5.96. The van der Waals surface area contributed by atoms with Gasteiger partial charge in [0.1, 0.15) is 6.54 Å². The molecule has 1 aromatic heterocycles. The zero-order valence-electron chi connectivity index (χ0n) is 15.9. The number of nitrogens with one attached hydrogen (secondary N) is 2. The van der Waals surface area contributed by atoms with Crippen LogP contribution in [0.2, 0.25) is 0 Å². The van der Waals surface area contributed by atoms with Gasteiger partial charge < -0.3 is 19.5 Å². The second kappa shape index (κ2) is 7.41. The minimum absolute atomic E-state index is 0.206. The number of anilines is 1. The van der Waals surface area contributed by atoms with Gasteiger partial charge in [-0.15, -0.1) is 0 Å². The summed E-state index contributed by atoms with van der Waals surface area (Å²) in [6.45, 7) is 10.8. The van der Waals surface area contributed by atoms with Crippen LogP contribution in [0.3, 0.4) is 0 Å². The lowest BCUT2D eigenvalue weighted by Gasteiger charge is -2.29. The summed E-state index contributed by atoms with van der Waals surface area (Å²) in [5, 5.41) is 0.819. The molecule has 2 aromatic rings. The fraction of sp³-hybridized carbons (Fsp3) is 0.571. The first-order chi connectivity index (χ1) is 12.6. The van der Waals surface area contributed by atoms with Crippen LogP contribution in [-0.4, -0.2) is 44.4 Å². The molecule has 140 valence electrons. The maximum atomic E-state index is 13.3. The van der Waals surface area contributed by atoms with Crippen LogP contribution in [0.25, 0.3) is 10.9 Å². The molecule has 5 heteroatoms. The molecule has 0 bridgehead atoms. The number of aromatic nitrogens is 1. The van der Waals surface area contributed by atoms with Crippen molar-refractivity contribution in [2.24, 2.45) is 5.92 Å². The number of aryl methyl sites for hydroxylation is 1. The van der Waals surface area contributed by atoms with E-state index in [1.807, 2.05) is 13.0 Å². The Bertz CT molecular complexity index is 839. The smallest absolute Gasteiger partial charge is 0.198 e. The highest BCUT2D eigenvalue weighted by atomic mass is 16.5. The molecule has 0 spiro atoms. The number of fused-ring (bicyclic) bond motifs is 1. The molecule has 26 heavy (non-hydrogen) atoms. The highest BCUT2D eigenvalue weighted by molar-refractivity contribution is 5.83. The van der Waals surface area contributed by atoms with E-state index in [4.69, 9.17) is 4.74 Å². The van der Waals surface area contributed by atoms with Gasteiger partial charge in [0.2, 0.25) is 0 Å². The van der Waals surface area contributed by atoms with Crippen LogP contribution in [0.15, 0.2) is 23.0 Å². The maximum Gasteiger partial charge on any atom is 0.198 e. The molecule has 2 saturated heterocycles. The van der Waals surface area contributed by atoms with Gasteiger partial charge in [-0.3, -0.25) is 4.79 Å². The van der Waals surface area contributed by atoms with Gasteiger partial charge in [-0.1, -0.05) is 6.92 Å². The van der Waals surface area contributed by atoms with Gasteiger partial charge >= 0.3 is 0 Å². The number of hydrogen-bond acceptors (Lipinski definition) is 3. The molecule has 0 saturated carbocycles. The normalized spacial score (nSPS) is 24.2. The Labute approximate surface area is 154 Å². The van der Waals surface area contributed by atoms with Crippen LogP contribution >= 0.6 is 0 Å². The fourth-order valence-electron chi connectivity index (χ4n) is 4.48. The van der Waals surface area contributed by atoms with E-state index in [9.17, 15) is 4.79 Å². The zero-order valence-corrected chi connectivity index (χ0v) is 15.9. The second-order valence-corrected chi connectivity index (χ2v) is 8.02. The first-order valence-corrected chi connectivity index (χ1v) is 9.93. The topological polar surface area (TPSA) is 49.8 Å². The number of ether oxygens (including phenoxy) is 1. The van der Waals surface area contributed by atoms with E-state index in [1.165, 1.54) is 25.9 Å². The average Bonchev–Trinajstić information content (AvgIpc) is 2.66. The van der Waals surface area contributed by atoms with Gasteiger partial charge in [0, 0.05) is 41.3 Å². The van der Waals surface area contributed by atoms with E-state index in [-0.39, 0.29) is 5.43 Å². The predicted octanol–water partition coefficient (Wildman–Crippen LogP) is 1.49. The number of piperidine rings is 1. The van der Waals surface area contributed by atoms with Crippen molar-refractivity contribution < 1.29 is 9.64 Å². The highest BCUT2D eigenvalue weighted by Gasteiger charge is 2.22. The van der Waals surface area contributed by atoms with E-state index in [2.05, 4.69) is 28.9 Å². The molecule has 2 atom stereocenters. The second-order valence-electron chi connectivity index (χ2n) is 8.02. The van der Waals surface area contributed by atoms with Gasteiger partial charge in [0.15, 0.2) is 5.43 Å². The lowest BCUT2D eigenvalue weighted by molar-refractivity contribution is -0.922. The van der Waals surface area contributed by atoms with Gasteiger partial charge in [-0.05, 0) is 38.0 Å². The van der Waals surface area contributed by atoms with E-state index in [0.29, 0.717) is 0 Å². The van der Waals surface area contributed by atoms with Crippen molar-refractivity contribution in [3.05, 3.63) is 39.7 Å². The number of likely N-dealkylation sites (tertiary alicyclic amines) is 1. The summed E-state index contributed by atoms with van der Waals surface area (Å²) < 4.78 is 5.45. The van der Waals surface area contributed by atoms with Crippen LogP contribution in [0, 0.1) is 12.8 Å². The van der Waals surface area contributed by atoms with E-state index < -0.39 is 0 Å². The van der Waals surface area contributed by atoms with Crippen LogP contribution < -0.4 is 15.2 Å². The first-order valence-electron chi connectivity index (χ1n) is 9.93. The summed E-state index contributed by atoms with van der Waals surface area (Å²) in [5.74, 6) is 0.756. The Morgan fingerprint density at radius 3 is 2.88 bits per heavy atom. The zero-order chi connectivity index (χ0) is 18.1. The Morgan fingerprint density at radius 2 is 2.12 bits per heavy atom. The van der Waals surface area contributed by atoms with Crippen LogP contribution in [-0.2, 0) is 11.3 Å². The predicted molar refractivity (Wildman–Crippen MR) is 105 cm³/mol. The molecule has 0 radical (unpaired) electrons. The Morgan fingerprint density at radius 1 is 1.31 bits per heavy atom. The Kier molecular flexibility index (Phi) is 5.00. The van der Waals surface area contributed by atoms with Crippen molar-refractivity contribution in [2.45, 2.75) is 33.2 Å². The number of nitrogens with zero attached hydrogens (tertiary/aromatic N) is 1. The van der Waals surface area contributed by atoms with Crippen molar-refractivity contribution >= 4 is 16.6 Å². The Balaban J connectivity index is 1.67. The molecule has 2 fully saturated rings. The summed E-state index contributed by atoms with van der Waals surface area (Å²) in [6.07, 6.45) is 2.59. The largest absolute Gasteiger partial charge is 0.378 e. The average molecular weight is 356 g/mol. The summed E-state index contributed by atoms with van der Waals surface area (Å²) in [6, 6.07) is 6.23. The van der Waals surface area contributed by atoms with Gasteiger partial charge in [-0.25, -0.2) is 0 Å². The van der Waals surface area contributed by atoms with Crippen molar-refractivity contribution in [3.8, 4) is 0 Å². The number of quaternary nitrogens is 1. The molecular formula is C21H30N3O2+. The van der Waals surface area contributed by atoms with Gasteiger partial charge in [0.25, 0.3) is 0 Å². The number of benzene rings is 1. The molecule has 0 amide bonds. The van der Waals surface area contributed by atoms with Crippen molar-refractivity contribution in [1.82, 2.24) is 4.98 Å². The Hall–Kier alpha value is -1.85. The number of rotatable bonds is 3. The number of aromatic amines is 1. The molecule has 1 unspecified atom stereocenters. The van der Waals surface area contributed by atoms with Gasteiger partial charge in [0.05, 0.1) is 31.9 Å². The standard InChI is InChI=1S/C21H29N3O2/c1-15-4-3-7-23(13-15)14-19-16(2)22-20-6-5-17(12-18(20)21(19)25)24-8-10-26-11-9-24/h5-6,12,15H,3-4,7-11,13-14H2,1-2H3,(H,22,25)/p+1/t15-/m1/s1. The molecule has 3 heterocycles. The van der Waals surface area contributed by atoms with Crippen molar-refractivity contribution in [2.75, 3.05) is 44.3 Å². The molecule has 0 aliphatic carbocycles. The molecule has 1 aromatic carbocycles. The molecule has 2 N–H and O–H groups in total. The quantitative estimate of drug-likeness (QED) is 0.876. The highest BCUT2D eigenvalue weighted by Crippen LogP contribution is 2.21. The summed E-state index contributed by atoms with van der Waals surface area (Å²) in [5.41, 5.74) is 4.25. The van der Waals surface area contributed by atoms with Gasteiger partial charge in [-0.2, -0.15) is 0 Å². The van der Waals surface area contributed by atoms with Crippen molar-refractivity contribution in [3.63, 3.8) is 0 Å². The molecular weight excluding hydrogens is 326 g/mol. The van der Waals surface area contributed by atoms with Crippen LogP contribution in [0.1, 0.15) is 31.0 Å². The monoisotopic (exact) mass is 356 g/mol.